The summed E-state index contributed by atoms with van der Waals surface area (Å²) in [6, 6.07) is 10.6. The molecule has 0 saturated heterocycles. The number of aliphatic hydroxyl groups excluding tert-OH is 1. The molecule has 2 N–H and O–H groups in total. The Kier molecular flexibility index (Phi) is 7.02. The Morgan fingerprint density at radius 1 is 1.08 bits per heavy atom. The minimum Gasteiger partial charge on any atom is -0.460 e. The van der Waals surface area contributed by atoms with Gasteiger partial charge in [-0.25, -0.2) is 8.42 Å². The van der Waals surface area contributed by atoms with Crippen molar-refractivity contribution in [3.63, 3.8) is 0 Å². The molecule has 0 aromatic heterocycles. The van der Waals surface area contributed by atoms with Crippen LogP contribution in [-0.4, -0.2) is 31.6 Å². The lowest BCUT2D eigenvalue weighted by atomic mass is 10.2. The van der Waals surface area contributed by atoms with Crippen molar-refractivity contribution in [1.29, 1.82) is 0 Å². The van der Waals surface area contributed by atoms with Gasteiger partial charge in [0.15, 0.2) is 0 Å². The maximum atomic E-state index is 12.4. The van der Waals surface area contributed by atoms with Crippen molar-refractivity contribution < 1.29 is 23.1 Å². The van der Waals surface area contributed by atoms with Crippen molar-refractivity contribution in [2.24, 2.45) is 0 Å². The van der Waals surface area contributed by atoms with Gasteiger partial charge in [0.1, 0.15) is 12.6 Å². The molecule has 0 saturated carbocycles. The molecule has 0 bridgehead atoms. The summed E-state index contributed by atoms with van der Waals surface area (Å²) in [5, 5.41) is 10.7. The van der Waals surface area contributed by atoms with Crippen LogP contribution in [0.25, 0.3) is 0 Å². The van der Waals surface area contributed by atoms with E-state index < -0.39 is 28.1 Å². The molecule has 0 fully saturated rings. The third-order valence-corrected chi connectivity index (χ3v) is 5.40. The van der Waals surface area contributed by atoms with Crippen LogP contribution in [0, 0.1) is 0 Å². The van der Waals surface area contributed by atoms with Crippen LogP contribution < -0.4 is 4.72 Å². The molecule has 140 valence electrons. The second-order valence-electron chi connectivity index (χ2n) is 5.53. The molecular formula is C17H17Cl2NO5S. The first-order chi connectivity index (χ1) is 12.2. The minimum atomic E-state index is -4.04. The van der Waals surface area contributed by atoms with Crippen LogP contribution in [0.3, 0.4) is 0 Å². The zero-order chi connectivity index (χ0) is 19.3. The maximum absolute atomic E-state index is 12.4. The predicted octanol–water partition coefficient (Wildman–Crippen LogP) is 2.76. The van der Waals surface area contributed by atoms with Crippen molar-refractivity contribution in [3.8, 4) is 0 Å². The highest BCUT2D eigenvalue weighted by atomic mass is 35.5. The summed E-state index contributed by atoms with van der Waals surface area (Å²) >= 11 is 11.5. The molecule has 0 amide bonds. The van der Waals surface area contributed by atoms with Crippen LogP contribution in [-0.2, 0) is 26.2 Å². The molecule has 0 heterocycles. The number of halogens is 2. The number of hydrogen-bond donors (Lipinski definition) is 2. The van der Waals surface area contributed by atoms with Crippen molar-refractivity contribution in [1.82, 2.24) is 4.72 Å². The molecule has 9 heteroatoms. The van der Waals surface area contributed by atoms with Crippen LogP contribution in [0.4, 0.5) is 0 Å². The molecule has 0 aliphatic rings. The molecule has 0 radical (unpaired) electrons. The van der Waals surface area contributed by atoms with Gasteiger partial charge in [0.05, 0.1) is 11.0 Å². The minimum absolute atomic E-state index is 0.0815. The van der Waals surface area contributed by atoms with Gasteiger partial charge in [-0.15, -0.1) is 0 Å². The highest BCUT2D eigenvalue weighted by Crippen LogP contribution is 2.15. The van der Waals surface area contributed by atoms with Gasteiger partial charge >= 0.3 is 5.97 Å². The number of benzene rings is 2. The molecule has 0 unspecified atom stereocenters. The van der Waals surface area contributed by atoms with E-state index in [1.165, 1.54) is 31.2 Å². The second kappa shape index (κ2) is 8.83. The van der Waals surface area contributed by atoms with Crippen LogP contribution in [0.2, 0.25) is 10.0 Å². The predicted molar refractivity (Wildman–Crippen MR) is 98.5 cm³/mol. The maximum Gasteiger partial charge on any atom is 0.327 e. The van der Waals surface area contributed by atoms with Crippen molar-refractivity contribution in [3.05, 3.63) is 64.1 Å². The molecule has 26 heavy (non-hydrogen) atoms. The molecule has 2 atom stereocenters. The SMILES string of the molecule is C[C@@H](O)[C@@H](NS(=O)(=O)c1ccc(Cl)cc1)C(=O)OCc1ccc(Cl)cc1. The first-order valence-electron chi connectivity index (χ1n) is 7.56. The monoisotopic (exact) mass is 417 g/mol. The zero-order valence-electron chi connectivity index (χ0n) is 13.7. The Bertz CT molecular complexity index is 852. The largest absolute Gasteiger partial charge is 0.460 e. The fourth-order valence-electron chi connectivity index (χ4n) is 2.02. The number of carbonyl (C=O) groups is 1. The quantitative estimate of drug-likeness (QED) is 0.675. The van der Waals surface area contributed by atoms with E-state index in [0.717, 1.165) is 0 Å². The molecule has 2 rings (SSSR count). The Morgan fingerprint density at radius 3 is 2.08 bits per heavy atom. The Hall–Kier alpha value is -1.64. The van der Waals surface area contributed by atoms with Gasteiger partial charge < -0.3 is 9.84 Å². The molecule has 2 aromatic rings. The van der Waals surface area contributed by atoms with Gasteiger partial charge in [-0.2, -0.15) is 4.72 Å². The number of carbonyl (C=O) groups excluding carboxylic acids is 1. The smallest absolute Gasteiger partial charge is 0.327 e. The van der Waals surface area contributed by atoms with Crippen LogP contribution in [0.15, 0.2) is 53.4 Å². The van der Waals surface area contributed by atoms with Gasteiger partial charge in [0.2, 0.25) is 10.0 Å². The third-order valence-electron chi connectivity index (χ3n) is 3.44. The Labute approximate surface area is 161 Å². The second-order valence-corrected chi connectivity index (χ2v) is 8.11. The number of ether oxygens (including phenoxy) is 1. The highest BCUT2D eigenvalue weighted by molar-refractivity contribution is 7.89. The van der Waals surface area contributed by atoms with E-state index in [-0.39, 0.29) is 11.5 Å². The van der Waals surface area contributed by atoms with Crippen LogP contribution in [0.1, 0.15) is 12.5 Å². The summed E-state index contributed by atoms with van der Waals surface area (Å²) in [5.74, 6) is -0.896. The van der Waals surface area contributed by atoms with Crippen molar-refractivity contribution in [2.75, 3.05) is 0 Å². The molecular weight excluding hydrogens is 401 g/mol. The number of nitrogens with one attached hydrogen (secondary N) is 1. The van der Waals surface area contributed by atoms with Gasteiger partial charge in [-0.3, -0.25) is 4.79 Å². The normalized spacial score (nSPS) is 13.8. The molecule has 2 aromatic carbocycles. The van der Waals surface area contributed by atoms with E-state index in [4.69, 9.17) is 27.9 Å². The fraction of sp³-hybridized carbons (Fsp3) is 0.235. The molecule has 6 nitrogen and oxygen atoms in total. The topological polar surface area (TPSA) is 92.7 Å². The van der Waals surface area contributed by atoms with Crippen molar-refractivity contribution >= 4 is 39.2 Å². The zero-order valence-corrected chi connectivity index (χ0v) is 16.1. The Morgan fingerprint density at radius 2 is 1.58 bits per heavy atom. The standard InChI is InChI=1S/C17H17Cl2NO5S/c1-11(21)16(17(22)25-10-12-2-4-13(18)5-3-12)20-26(23,24)15-8-6-14(19)7-9-15/h2-9,11,16,20-21H,10H2,1H3/t11-,16-/m1/s1. The number of esters is 1. The highest BCUT2D eigenvalue weighted by Gasteiger charge is 2.31. The lowest BCUT2D eigenvalue weighted by molar-refractivity contribution is -0.149. The van der Waals surface area contributed by atoms with E-state index >= 15 is 0 Å². The van der Waals surface area contributed by atoms with E-state index in [1.54, 1.807) is 24.3 Å². The third kappa shape index (κ3) is 5.69. The van der Waals surface area contributed by atoms with E-state index in [2.05, 4.69) is 4.72 Å². The van der Waals surface area contributed by atoms with Gasteiger partial charge in [0.25, 0.3) is 0 Å². The average Bonchev–Trinajstić information content (AvgIpc) is 2.59. The van der Waals surface area contributed by atoms with E-state index in [9.17, 15) is 18.3 Å². The summed E-state index contributed by atoms with van der Waals surface area (Å²) in [6.45, 7) is 1.21. The van der Waals surface area contributed by atoms with Crippen molar-refractivity contribution in [2.45, 2.75) is 30.6 Å². The number of hydrogen-bond acceptors (Lipinski definition) is 5. The fourth-order valence-corrected chi connectivity index (χ4v) is 3.53. The Balaban J connectivity index is 2.08. The number of rotatable bonds is 7. The molecule has 0 aliphatic carbocycles. The van der Waals surface area contributed by atoms with E-state index in [0.29, 0.717) is 15.6 Å². The lowest BCUT2D eigenvalue weighted by Gasteiger charge is -2.20. The molecule has 0 aliphatic heterocycles. The summed E-state index contributed by atoms with van der Waals surface area (Å²) in [6.07, 6.45) is -1.30. The van der Waals surface area contributed by atoms with Gasteiger partial charge in [-0.1, -0.05) is 35.3 Å². The van der Waals surface area contributed by atoms with Gasteiger partial charge in [0, 0.05) is 10.0 Å². The first-order valence-corrected chi connectivity index (χ1v) is 9.80. The first kappa shape index (κ1) is 20.7. The van der Waals surface area contributed by atoms with E-state index in [1.807, 2.05) is 0 Å². The summed E-state index contributed by atoms with van der Waals surface area (Å²) in [7, 11) is -4.04. The summed E-state index contributed by atoms with van der Waals surface area (Å²) in [5.41, 5.74) is 0.674. The average molecular weight is 418 g/mol. The summed E-state index contributed by atoms with van der Waals surface area (Å²) < 4.78 is 32.0. The van der Waals surface area contributed by atoms with Gasteiger partial charge in [-0.05, 0) is 48.9 Å². The van der Waals surface area contributed by atoms with Crippen LogP contribution >= 0.6 is 23.2 Å². The number of sulfonamides is 1. The molecule has 0 spiro atoms. The lowest BCUT2D eigenvalue weighted by Crippen LogP contribution is -2.48. The van der Waals surface area contributed by atoms with Crippen LogP contribution in [0.5, 0.6) is 0 Å². The number of aliphatic hydroxyl groups is 1. The summed E-state index contributed by atoms with van der Waals surface area (Å²) in [4.78, 5) is 12.1.